The Kier molecular flexibility index (Phi) is 4.24. The summed E-state index contributed by atoms with van der Waals surface area (Å²) in [5.41, 5.74) is 2.17. The van der Waals surface area contributed by atoms with E-state index in [0.29, 0.717) is 17.0 Å². The zero-order valence-electron chi connectivity index (χ0n) is 10.7. The summed E-state index contributed by atoms with van der Waals surface area (Å²) in [7, 11) is 0. The highest BCUT2D eigenvalue weighted by atomic mass is 79.9. The minimum Gasteiger partial charge on any atom is -0.381 e. The number of nitrogens with zero attached hydrogens (tertiary/aromatic N) is 1. The molecule has 1 N–H and O–H groups in total. The number of halogens is 1. The Labute approximate surface area is 121 Å². The van der Waals surface area contributed by atoms with Crippen LogP contribution in [0.15, 0.2) is 22.7 Å². The molecule has 0 spiro atoms. The molecule has 0 aromatic heterocycles. The smallest absolute Gasteiger partial charge is 0.0992 e. The standard InChI is InChI=1S/C14H17BrN2S/c1-14(2)6-11(8-18-9-14)17-13-4-3-10(7-16)5-12(13)15/h3-5,11,17H,6,8-9H2,1-2H3. The Morgan fingerprint density at radius 2 is 2.28 bits per heavy atom. The maximum atomic E-state index is 8.85. The first-order valence-electron chi connectivity index (χ1n) is 6.04. The van der Waals surface area contributed by atoms with Gasteiger partial charge in [-0.25, -0.2) is 0 Å². The van der Waals surface area contributed by atoms with Gasteiger partial charge < -0.3 is 5.32 Å². The summed E-state index contributed by atoms with van der Waals surface area (Å²) in [6, 6.07) is 8.35. The highest BCUT2D eigenvalue weighted by molar-refractivity contribution is 9.10. The van der Waals surface area contributed by atoms with Crippen molar-refractivity contribution in [3.05, 3.63) is 28.2 Å². The maximum Gasteiger partial charge on any atom is 0.0992 e. The summed E-state index contributed by atoms with van der Waals surface area (Å²) in [6.45, 7) is 4.64. The predicted octanol–water partition coefficient (Wildman–Crippen LogP) is 4.26. The third-order valence-electron chi connectivity index (χ3n) is 3.07. The molecule has 1 saturated heterocycles. The van der Waals surface area contributed by atoms with Crippen LogP contribution in [0.4, 0.5) is 5.69 Å². The molecule has 1 aromatic rings. The minimum atomic E-state index is 0.402. The van der Waals surface area contributed by atoms with Crippen molar-refractivity contribution in [2.75, 3.05) is 16.8 Å². The largest absolute Gasteiger partial charge is 0.381 e. The summed E-state index contributed by atoms with van der Waals surface area (Å²) in [5.74, 6) is 2.38. The van der Waals surface area contributed by atoms with Gasteiger partial charge in [0.15, 0.2) is 0 Å². The average molecular weight is 325 g/mol. The number of anilines is 1. The van der Waals surface area contributed by atoms with Gasteiger partial charge in [-0.2, -0.15) is 17.0 Å². The van der Waals surface area contributed by atoms with Crippen LogP contribution in [-0.4, -0.2) is 17.5 Å². The van der Waals surface area contributed by atoms with Crippen molar-refractivity contribution in [3.63, 3.8) is 0 Å². The molecule has 1 aliphatic rings. The highest BCUT2D eigenvalue weighted by Gasteiger charge is 2.28. The molecule has 1 unspecified atom stereocenters. The first kappa shape index (κ1) is 13.8. The fraction of sp³-hybridized carbons (Fsp3) is 0.500. The van der Waals surface area contributed by atoms with Crippen LogP contribution >= 0.6 is 27.7 Å². The van der Waals surface area contributed by atoms with E-state index in [1.165, 1.54) is 12.2 Å². The number of nitrogens with one attached hydrogen (secondary N) is 1. The summed E-state index contributed by atoms with van der Waals surface area (Å²) < 4.78 is 0.968. The van der Waals surface area contributed by atoms with Crippen molar-refractivity contribution in [3.8, 4) is 6.07 Å². The lowest BCUT2D eigenvalue weighted by atomic mass is 9.88. The molecule has 0 saturated carbocycles. The van der Waals surface area contributed by atoms with E-state index >= 15 is 0 Å². The zero-order chi connectivity index (χ0) is 13.2. The van der Waals surface area contributed by atoms with Gasteiger partial charge >= 0.3 is 0 Å². The fourth-order valence-electron chi connectivity index (χ4n) is 2.28. The van der Waals surface area contributed by atoms with Crippen molar-refractivity contribution < 1.29 is 0 Å². The molecule has 0 radical (unpaired) electrons. The molecule has 1 heterocycles. The third-order valence-corrected chi connectivity index (χ3v) is 5.35. The van der Waals surface area contributed by atoms with E-state index in [-0.39, 0.29) is 0 Å². The second kappa shape index (κ2) is 5.54. The molecule has 2 rings (SSSR count). The molecule has 96 valence electrons. The van der Waals surface area contributed by atoms with E-state index in [1.54, 1.807) is 0 Å². The Hall–Kier alpha value is -0.660. The second-order valence-corrected chi connectivity index (χ2v) is 7.42. The van der Waals surface area contributed by atoms with Gasteiger partial charge in [0.05, 0.1) is 11.6 Å². The zero-order valence-corrected chi connectivity index (χ0v) is 13.1. The number of hydrogen-bond acceptors (Lipinski definition) is 3. The Bertz CT molecular complexity index is 479. The van der Waals surface area contributed by atoms with Gasteiger partial charge in [-0.05, 0) is 51.7 Å². The van der Waals surface area contributed by atoms with Crippen LogP contribution in [0.2, 0.25) is 0 Å². The van der Waals surface area contributed by atoms with Crippen molar-refractivity contribution in [2.45, 2.75) is 26.3 Å². The number of hydrogen-bond donors (Lipinski definition) is 1. The molecule has 0 amide bonds. The van der Waals surface area contributed by atoms with Gasteiger partial charge in [-0.15, -0.1) is 0 Å². The van der Waals surface area contributed by atoms with E-state index < -0.39 is 0 Å². The number of thioether (sulfide) groups is 1. The summed E-state index contributed by atoms with van der Waals surface area (Å²) in [4.78, 5) is 0. The van der Waals surface area contributed by atoms with Crippen LogP contribution in [0, 0.1) is 16.7 Å². The topological polar surface area (TPSA) is 35.8 Å². The van der Waals surface area contributed by atoms with Gasteiger partial charge in [-0.1, -0.05) is 13.8 Å². The third kappa shape index (κ3) is 3.43. The lowest BCUT2D eigenvalue weighted by Crippen LogP contribution is -2.35. The van der Waals surface area contributed by atoms with Gasteiger partial charge in [0.1, 0.15) is 0 Å². The van der Waals surface area contributed by atoms with Crippen LogP contribution in [0.25, 0.3) is 0 Å². The number of benzene rings is 1. The average Bonchev–Trinajstić information content (AvgIpc) is 2.30. The molecular weight excluding hydrogens is 308 g/mol. The first-order chi connectivity index (χ1) is 8.50. The SMILES string of the molecule is CC1(C)CSCC(Nc2ccc(C#N)cc2Br)C1. The molecule has 1 aromatic carbocycles. The van der Waals surface area contributed by atoms with Crippen molar-refractivity contribution in [2.24, 2.45) is 5.41 Å². The summed E-state index contributed by atoms with van der Waals surface area (Å²) in [6.07, 6.45) is 1.19. The van der Waals surface area contributed by atoms with Gasteiger partial charge in [0.2, 0.25) is 0 Å². The lowest BCUT2D eigenvalue weighted by Gasteiger charge is -2.35. The van der Waals surface area contributed by atoms with Crippen LogP contribution in [0.3, 0.4) is 0 Å². The molecule has 1 aliphatic heterocycles. The van der Waals surface area contributed by atoms with Gasteiger partial charge in [-0.3, -0.25) is 0 Å². The monoisotopic (exact) mass is 324 g/mol. The molecule has 1 fully saturated rings. The van der Waals surface area contributed by atoms with Crippen molar-refractivity contribution in [1.29, 1.82) is 5.26 Å². The first-order valence-corrected chi connectivity index (χ1v) is 7.99. The lowest BCUT2D eigenvalue weighted by molar-refractivity contribution is 0.358. The normalized spacial score (nSPS) is 22.2. The molecule has 0 aliphatic carbocycles. The second-order valence-electron chi connectivity index (χ2n) is 5.53. The predicted molar refractivity (Wildman–Crippen MR) is 82.0 cm³/mol. The molecule has 1 atom stereocenters. The van der Waals surface area contributed by atoms with E-state index in [2.05, 4.69) is 41.2 Å². The van der Waals surface area contributed by atoms with Gasteiger partial charge in [0, 0.05) is 22.0 Å². The molecule has 0 bridgehead atoms. The summed E-state index contributed by atoms with van der Waals surface area (Å²) >= 11 is 5.54. The molecule has 18 heavy (non-hydrogen) atoms. The van der Waals surface area contributed by atoms with Crippen LogP contribution in [0.5, 0.6) is 0 Å². The van der Waals surface area contributed by atoms with E-state index in [4.69, 9.17) is 5.26 Å². The van der Waals surface area contributed by atoms with E-state index in [9.17, 15) is 0 Å². The number of nitriles is 1. The fourth-order valence-corrected chi connectivity index (χ4v) is 4.04. The number of rotatable bonds is 2. The Morgan fingerprint density at radius 1 is 1.50 bits per heavy atom. The van der Waals surface area contributed by atoms with E-state index in [1.807, 2.05) is 30.0 Å². The van der Waals surface area contributed by atoms with Gasteiger partial charge in [0.25, 0.3) is 0 Å². The van der Waals surface area contributed by atoms with E-state index in [0.717, 1.165) is 15.9 Å². The Morgan fingerprint density at radius 3 is 2.89 bits per heavy atom. The van der Waals surface area contributed by atoms with Crippen molar-refractivity contribution in [1.82, 2.24) is 0 Å². The molecule has 4 heteroatoms. The van der Waals surface area contributed by atoms with Crippen LogP contribution in [-0.2, 0) is 0 Å². The molecule has 2 nitrogen and oxygen atoms in total. The van der Waals surface area contributed by atoms with Crippen molar-refractivity contribution >= 4 is 33.4 Å². The highest BCUT2D eigenvalue weighted by Crippen LogP contribution is 2.35. The summed E-state index contributed by atoms with van der Waals surface area (Å²) in [5, 5.41) is 12.4. The minimum absolute atomic E-state index is 0.402. The quantitative estimate of drug-likeness (QED) is 0.882. The van der Waals surface area contributed by atoms with Crippen LogP contribution < -0.4 is 5.32 Å². The Balaban J connectivity index is 2.08. The molecular formula is C14H17BrN2S. The van der Waals surface area contributed by atoms with Crippen LogP contribution in [0.1, 0.15) is 25.8 Å². The maximum absolute atomic E-state index is 8.85.